The van der Waals surface area contributed by atoms with Gasteiger partial charge in [-0.3, -0.25) is 9.59 Å². The molecule has 31 heavy (non-hydrogen) atoms. The summed E-state index contributed by atoms with van der Waals surface area (Å²) >= 11 is 6.14. The summed E-state index contributed by atoms with van der Waals surface area (Å²) in [4.78, 5) is 29.0. The van der Waals surface area contributed by atoms with Gasteiger partial charge in [0.2, 0.25) is 0 Å². The SMILES string of the molecule is Cc1onc(-c2c(F)cccc2Cl)c1C(=O)N1CCN(C(=O)c2ccc(F)cc2)CC1. The molecular weight excluding hydrogens is 428 g/mol. The minimum absolute atomic E-state index is 0.00879. The number of hydrogen-bond acceptors (Lipinski definition) is 4. The fourth-order valence-corrected chi connectivity index (χ4v) is 3.82. The van der Waals surface area contributed by atoms with Gasteiger partial charge in [0.25, 0.3) is 11.8 Å². The molecule has 1 aliphatic rings. The van der Waals surface area contributed by atoms with Gasteiger partial charge in [0.15, 0.2) is 0 Å². The van der Waals surface area contributed by atoms with Gasteiger partial charge in [0, 0.05) is 31.7 Å². The standard InChI is InChI=1S/C22H18ClF2N3O3/c1-13-18(20(26-31-13)19-16(23)3-2-4-17(19)25)22(30)28-11-9-27(10-12-28)21(29)14-5-7-15(24)8-6-14/h2-8H,9-12H2,1H3. The van der Waals surface area contributed by atoms with Crippen molar-refractivity contribution in [2.45, 2.75) is 6.92 Å². The minimum atomic E-state index is -0.607. The number of aromatic nitrogens is 1. The molecule has 6 nitrogen and oxygen atoms in total. The predicted octanol–water partition coefficient (Wildman–Crippen LogP) is 4.18. The number of rotatable bonds is 3. The molecule has 0 saturated carbocycles. The Morgan fingerprint density at radius 3 is 2.19 bits per heavy atom. The highest BCUT2D eigenvalue weighted by molar-refractivity contribution is 6.33. The average molecular weight is 446 g/mol. The van der Waals surface area contributed by atoms with E-state index in [9.17, 15) is 18.4 Å². The topological polar surface area (TPSA) is 66.7 Å². The lowest BCUT2D eigenvalue weighted by Crippen LogP contribution is -2.50. The minimum Gasteiger partial charge on any atom is -0.360 e. The Kier molecular flexibility index (Phi) is 5.73. The molecule has 0 bridgehead atoms. The smallest absolute Gasteiger partial charge is 0.259 e. The van der Waals surface area contributed by atoms with Crippen LogP contribution >= 0.6 is 11.6 Å². The van der Waals surface area contributed by atoms with Crippen molar-refractivity contribution < 1.29 is 22.9 Å². The molecule has 1 saturated heterocycles. The molecule has 0 N–H and O–H groups in total. The van der Waals surface area contributed by atoms with Crippen molar-refractivity contribution in [2.75, 3.05) is 26.2 Å². The number of halogens is 3. The van der Waals surface area contributed by atoms with Gasteiger partial charge < -0.3 is 14.3 Å². The first-order valence-electron chi connectivity index (χ1n) is 9.61. The monoisotopic (exact) mass is 445 g/mol. The first-order valence-corrected chi connectivity index (χ1v) is 9.99. The predicted molar refractivity (Wildman–Crippen MR) is 110 cm³/mol. The highest BCUT2D eigenvalue weighted by atomic mass is 35.5. The van der Waals surface area contributed by atoms with E-state index < -0.39 is 11.6 Å². The molecule has 1 aromatic heterocycles. The lowest BCUT2D eigenvalue weighted by molar-refractivity contribution is 0.0534. The van der Waals surface area contributed by atoms with Crippen LogP contribution in [0.1, 0.15) is 26.5 Å². The van der Waals surface area contributed by atoms with Crippen molar-refractivity contribution in [1.29, 1.82) is 0 Å². The molecule has 0 atom stereocenters. The van der Waals surface area contributed by atoms with Crippen molar-refractivity contribution in [3.05, 3.63) is 76.0 Å². The number of amides is 2. The number of carbonyl (C=O) groups excluding carboxylic acids is 2. The molecule has 0 unspecified atom stereocenters. The molecule has 3 aromatic rings. The molecule has 4 rings (SSSR count). The molecule has 2 heterocycles. The molecule has 2 aromatic carbocycles. The van der Waals surface area contributed by atoms with E-state index in [1.54, 1.807) is 16.7 Å². The van der Waals surface area contributed by atoms with Crippen LogP contribution in [0.4, 0.5) is 8.78 Å². The fourth-order valence-electron chi connectivity index (χ4n) is 3.56. The van der Waals surface area contributed by atoms with Gasteiger partial charge in [0.1, 0.15) is 28.7 Å². The second-order valence-corrected chi connectivity index (χ2v) is 7.56. The van der Waals surface area contributed by atoms with Crippen molar-refractivity contribution in [3.63, 3.8) is 0 Å². The highest BCUT2D eigenvalue weighted by Crippen LogP contribution is 2.34. The van der Waals surface area contributed by atoms with E-state index >= 15 is 0 Å². The molecule has 0 radical (unpaired) electrons. The normalized spacial score (nSPS) is 14.1. The van der Waals surface area contributed by atoms with Gasteiger partial charge in [-0.1, -0.05) is 22.8 Å². The van der Waals surface area contributed by atoms with Crippen LogP contribution < -0.4 is 0 Å². The van der Waals surface area contributed by atoms with Crippen LogP contribution in [0.3, 0.4) is 0 Å². The third kappa shape index (κ3) is 4.03. The zero-order valence-corrected chi connectivity index (χ0v) is 17.3. The van der Waals surface area contributed by atoms with Gasteiger partial charge in [-0.05, 0) is 43.3 Å². The summed E-state index contributed by atoms with van der Waals surface area (Å²) in [6.45, 7) is 2.75. The van der Waals surface area contributed by atoms with Crippen molar-refractivity contribution in [2.24, 2.45) is 0 Å². The van der Waals surface area contributed by atoms with E-state index in [4.69, 9.17) is 16.1 Å². The second-order valence-electron chi connectivity index (χ2n) is 7.15. The maximum absolute atomic E-state index is 14.4. The molecule has 2 amide bonds. The van der Waals surface area contributed by atoms with E-state index in [2.05, 4.69) is 5.16 Å². The molecular formula is C22H18ClF2N3O3. The number of benzene rings is 2. The largest absolute Gasteiger partial charge is 0.360 e. The quantitative estimate of drug-likeness (QED) is 0.606. The Morgan fingerprint density at radius 1 is 0.968 bits per heavy atom. The summed E-state index contributed by atoms with van der Waals surface area (Å²) in [5.41, 5.74) is 0.586. The molecule has 1 fully saturated rings. The van der Waals surface area contributed by atoms with Crippen LogP contribution in [-0.2, 0) is 0 Å². The summed E-state index contributed by atoms with van der Waals surface area (Å²) in [6.07, 6.45) is 0. The van der Waals surface area contributed by atoms with Gasteiger partial charge in [-0.15, -0.1) is 0 Å². The van der Waals surface area contributed by atoms with E-state index in [-0.39, 0.29) is 52.5 Å². The van der Waals surface area contributed by atoms with E-state index in [0.717, 1.165) is 0 Å². The van der Waals surface area contributed by atoms with Crippen LogP contribution in [0.5, 0.6) is 0 Å². The second kappa shape index (κ2) is 8.47. The Morgan fingerprint density at radius 2 is 1.58 bits per heavy atom. The molecule has 160 valence electrons. The lowest BCUT2D eigenvalue weighted by atomic mass is 10.0. The maximum atomic E-state index is 14.4. The molecule has 0 aliphatic carbocycles. The number of aryl methyl sites for hydroxylation is 1. The van der Waals surface area contributed by atoms with Crippen LogP contribution in [0.15, 0.2) is 47.0 Å². The van der Waals surface area contributed by atoms with Crippen LogP contribution in [0.2, 0.25) is 5.02 Å². The number of carbonyl (C=O) groups is 2. The Labute approximate surface area is 182 Å². The van der Waals surface area contributed by atoms with Crippen molar-refractivity contribution in [3.8, 4) is 11.3 Å². The van der Waals surface area contributed by atoms with Gasteiger partial charge in [-0.2, -0.15) is 0 Å². The third-order valence-electron chi connectivity index (χ3n) is 5.22. The fraction of sp³-hybridized carbons (Fsp3) is 0.227. The third-order valence-corrected chi connectivity index (χ3v) is 5.54. The van der Waals surface area contributed by atoms with Crippen LogP contribution in [-0.4, -0.2) is 52.9 Å². The van der Waals surface area contributed by atoms with Gasteiger partial charge in [-0.25, -0.2) is 8.78 Å². The lowest BCUT2D eigenvalue weighted by Gasteiger charge is -2.34. The summed E-state index contributed by atoms with van der Waals surface area (Å²) in [5.74, 6) is -1.37. The number of hydrogen-bond donors (Lipinski definition) is 0. The zero-order valence-electron chi connectivity index (χ0n) is 16.6. The first kappa shape index (κ1) is 21.0. The summed E-state index contributed by atoms with van der Waals surface area (Å²) in [5, 5.41) is 3.99. The maximum Gasteiger partial charge on any atom is 0.259 e. The Bertz CT molecular complexity index is 1120. The van der Waals surface area contributed by atoms with E-state index in [0.29, 0.717) is 18.7 Å². The average Bonchev–Trinajstić information content (AvgIpc) is 3.14. The molecule has 1 aliphatic heterocycles. The molecule has 9 heteroatoms. The van der Waals surface area contributed by atoms with E-state index in [1.807, 2.05) is 0 Å². The summed E-state index contributed by atoms with van der Waals surface area (Å²) in [6, 6.07) is 9.54. The summed E-state index contributed by atoms with van der Waals surface area (Å²) in [7, 11) is 0. The highest BCUT2D eigenvalue weighted by Gasteiger charge is 2.31. The molecule has 0 spiro atoms. The number of piperazine rings is 1. The van der Waals surface area contributed by atoms with Gasteiger partial charge in [0.05, 0.1) is 10.6 Å². The first-order chi connectivity index (χ1) is 14.9. The van der Waals surface area contributed by atoms with E-state index in [1.165, 1.54) is 42.5 Å². The van der Waals surface area contributed by atoms with Crippen LogP contribution in [0, 0.1) is 18.6 Å². The zero-order chi connectivity index (χ0) is 22.1. The van der Waals surface area contributed by atoms with Crippen LogP contribution in [0.25, 0.3) is 11.3 Å². The van der Waals surface area contributed by atoms with Crippen molar-refractivity contribution >= 4 is 23.4 Å². The van der Waals surface area contributed by atoms with Crippen molar-refractivity contribution in [1.82, 2.24) is 15.0 Å². The van der Waals surface area contributed by atoms with Gasteiger partial charge >= 0.3 is 0 Å². The summed E-state index contributed by atoms with van der Waals surface area (Å²) < 4.78 is 32.7. The number of nitrogens with zero attached hydrogens (tertiary/aromatic N) is 3. The Balaban J connectivity index is 1.52. The Hall–Kier alpha value is -3.26.